The minimum atomic E-state index is -0.636. The third kappa shape index (κ3) is 4.46. The van der Waals surface area contributed by atoms with E-state index < -0.39 is 6.10 Å². The van der Waals surface area contributed by atoms with Gasteiger partial charge in [0.2, 0.25) is 0 Å². The molecule has 18 heavy (non-hydrogen) atoms. The van der Waals surface area contributed by atoms with Gasteiger partial charge in [-0.1, -0.05) is 11.6 Å². The first-order valence-corrected chi connectivity index (χ1v) is 6.22. The molecule has 0 fully saturated rings. The molecular formula is C13H20ClNO3. The van der Waals surface area contributed by atoms with Crippen LogP contribution in [0.15, 0.2) is 18.2 Å². The zero-order chi connectivity index (χ0) is 13.5. The van der Waals surface area contributed by atoms with Gasteiger partial charge in [-0.25, -0.2) is 0 Å². The normalized spacial score (nSPS) is 14.3. The highest BCUT2D eigenvalue weighted by atomic mass is 35.5. The van der Waals surface area contributed by atoms with Gasteiger partial charge in [0.25, 0.3) is 0 Å². The van der Waals surface area contributed by atoms with Crippen LogP contribution in [0.25, 0.3) is 0 Å². The number of aliphatic hydroxyl groups excluding tert-OH is 1. The lowest BCUT2D eigenvalue weighted by molar-refractivity contribution is 0.0322. The Morgan fingerprint density at radius 3 is 2.72 bits per heavy atom. The van der Waals surface area contributed by atoms with E-state index in [9.17, 15) is 5.11 Å². The molecule has 1 rings (SSSR count). The fourth-order valence-corrected chi connectivity index (χ4v) is 1.75. The van der Waals surface area contributed by atoms with E-state index in [0.29, 0.717) is 5.02 Å². The van der Waals surface area contributed by atoms with Gasteiger partial charge >= 0.3 is 0 Å². The summed E-state index contributed by atoms with van der Waals surface area (Å²) in [6.07, 6.45) is -0.636. The predicted molar refractivity (Wildman–Crippen MR) is 72.3 cm³/mol. The molecule has 2 atom stereocenters. The molecule has 5 heteroatoms. The van der Waals surface area contributed by atoms with Crippen LogP contribution in [0, 0.1) is 0 Å². The number of hydrogen-bond acceptors (Lipinski definition) is 4. The summed E-state index contributed by atoms with van der Waals surface area (Å²) in [6.45, 7) is 2.47. The number of nitrogens with one attached hydrogen (secondary N) is 1. The van der Waals surface area contributed by atoms with Gasteiger partial charge in [-0.15, -0.1) is 0 Å². The number of aliphatic hydroxyl groups is 1. The van der Waals surface area contributed by atoms with Gasteiger partial charge in [0.05, 0.1) is 6.61 Å². The van der Waals surface area contributed by atoms with Crippen LogP contribution < -0.4 is 10.1 Å². The van der Waals surface area contributed by atoms with Gasteiger partial charge < -0.3 is 19.9 Å². The molecule has 0 bridgehead atoms. The monoisotopic (exact) mass is 273 g/mol. The predicted octanol–water partition coefficient (Wildman–Crippen LogP) is 2.01. The van der Waals surface area contributed by atoms with Gasteiger partial charge in [-0.3, -0.25) is 0 Å². The summed E-state index contributed by atoms with van der Waals surface area (Å²) in [5.41, 5.74) is 0.967. The molecule has 0 aliphatic rings. The van der Waals surface area contributed by atoms with E-state index in [-0.39, 0.29) is 19.3 Å². The van der Waals surface area contributed by atoms with E-state index >= 15 is 0 Å². The van der Waals surface area contributed by atoms with Crippen molar-refractivity contribution in [3.63, 3.8) is 0 Å². The molecule has 0 radical (unpaired) electrons. The second-order valence-electron chi connectivity index (χ2n) is 4.11. The van der Waals surface area contributed by atoms with Crippen molar-refractivity contribution in [3.05, 3.63) is 28.8 Å². The first kappa shape index (κ1) is 15.2. The summed E-state index contributed by atoms with van der Waals surface area (Å²) < 4.78 is 10.4. The molecule has 4 nitrogen and oxygen atoms in total. The maximum Gasteiger partial charge on any atom is 0.124 e. The molecule has 102 valence electrons. The fourth-order valence-electron chi connectivity index (χ4n) is 1.57. The smallest absolute Gasteiger partial charge is 0.124 e. The molecule has 0 saturated heterocycles. The number of methoxy groups -OCH3 is 1. The third-order valence-electron chi connectivity index (χ3n) is 2.66. The summed E-state index contributed by atoms with van der Waals surface area (Å²) in [5.74, 6) is 0.719. The van der Waals surface area contributed by atoms with E-state index in [2.05, 4.69) is 5.32 Å². The highest BCUT2D eigenvalue weighted by Gasteiger charge is 2.12. The SMILES string of the molecule is CNC(C)c1cc(Cl)ccc1OCC(O)COC. The maximum absolute atomic E-state index is 9.56. The topological polar surface area (TPSA) is 50.7 Å². The minimum absolute atomic E-state index is 0.123. The van der Waals surface area contributed by atoms with Gasteiger partial charge in [0, 0.05) is 23.7 Å². The maximum atomic E-state index is 9.56. The summed E-state index contributed by atoms with van der Waals surface area (Å²) in [5, 5.41) is 13.4. The summed E-state index contributed by atoms with van der Waals surface area (Å²) in [4.78, 5) is 0. The standard InChI is InChI=1S/C13H20ClNO3/c1-9(15-2)12-6-10(14)4-5-13(12)18-8-11(16)7-17-3/h4-6,9,11,15-16H,7-8H2,1-3H3. The van der Waals surface area contributed by atoms with Crippen molar-refractivity contribution in [3.8, 4) is 5.75 Å². The van der Waals surface area contributed by atoms with Gasteiger partial charge in [-0.2, -0.15) is 0 Å². The molecule has 2 unspecified atom stereocenters. The second-order valence-corrected chi connectivity index (χ2v) is 4.55. The third-order valence-corrected chi connectivity index (χ3v) is 2.90. The fraction of sp³-hybridized carbons (Fsp3) is 0.538. The molecule has 1 aromatic carbocycles. The van der Waals surface area contributed by atoms with Crippen molar-refractivity contribution in [1.29, 1.82) is 0 Å². The Kier molecular flexibility index (Phi) is 6.43. The van der Waals surface area contributed by atoms with E-state index in [1.54, 1.807) is 13.2 Å². The molecule has 0 aromatic heterocycles. The number of ether oxygens (including phenoxy) is 2. The molecule has 2 N–H and O–H groups in total. The van der Waals surface area contributed by atoms with Gasteiger partial charge in [0.1, 0.15) is 18.5 Å². The quantitative estimate of drug-likeness (QED) is 0.798. The van der Waals surface area contributed by atoms with Crippen molar-refractivity contribution in [2.45, 2.75) is 19.1 Å². The summed E-state index contributed by atoms with van der Waals surface area (Å²) >= 11 is 5.98. The Labute approximate surface area is 113 Å². The molecule has 0 spiro atoms. The average molecular weight is 274 g/mol. The van der Waals surface area contributed by atoms with Crippen LogP contribution in [0.4, 0.5) is 0 Å². The van der Waals surface area contributed by atoms with Crippen molar-refractivity contribution >= 4 is 11.6 Å². The Hall–Kier alpha value is -0.810. The van der Waals surface area contributed by atoms with Crippen LogP contribution in [-0.2, 0) is 4.74 Å². The first-order valence-electron chi connectivity index (χ1n) is 5.85. The van der Waals surface area contributed by atoms with Crippen LogP contribution in [0.3, 0.4) is 0 Å². The van der Waals surface area contributed by atoms with Crippen molar-refractivity contribution in [2.24, 2.45) is 0 Å². The van der Waals surface area contributed by atoms with Gasteiger partial charge in [0.15, 0.2) is 0 Å². The lowest BCUT2D eigenvalue weighted by Gasteiger charge is -2.18. The Morgan fingerprint density at radius 1 is 1.39 bits per heavy atom. The zero-order valence-corrected chi connectivity index (χ0v) is 11.7. The first-order chi connectivity index (χ1) is 8.58. The van der Waals surface area contributed by atoms with Crippen molar-refractivity contribution < 1.29 is 14.6 Å². The Bertz CT molecular complexity index is 373. The van der Waals surface area contributed by atoms with E-state index in [4.69, 9.17) is 21.1 Å². The molecule has 1 aromatic rings. The molecule has 0 aliphatic heterocycles. The number of hydrogen-bond donors (Lipinski definition) is 2. The summed E-state index contributed by atoms with van der Waals surface area (Å²) in [7, 11) is 3.41. The van der Waals surface area contributed by atoms with Crippen LogP contribution >= 0.6 is 11.6 Å². The number of rotatable bonds is 7. The van der Waals surface area contributed by atoms with Crippen molar-refractivity contribution in [1.82, 2.24) is 5.32 Å². The van der Waals surface area contributed by atoms with Crippen LogP contribution in [0.2, 0.25) is 5.02 Å². The molecule has 0 aliphatic carbocycles. The Balaban J connectivity index is 2.75. The molecule has 0 saturated carbocycles. The minimum Gasteiger partial charge on any atom is -0.490 e. The number of benzene rings is 1. The average Bonchev–Trinajstić information content (AvgIpc) is 2.36. The van der Waals surface area contributed by atoms with E-state index in [1.807, 2.05) is 26.1 Å². The summed E-state index contributed by atoms with van der Waals surface area (Å²) in [6, 6.07) is 5.57. The highest BCUT2D eigenvalue weighted by Crippen LogP contribution is 2.28. The Morgan fingerprint density at radius 2 is 2.11 bits per heavy atom. The van der Waals surface area contributed by atoms with Crippen LogP contribution in [-0.4, -0.2) is 38.6 Å². The highest BCUT2D eigenvalue weighted by molar-refractivity contribution is 6.30. The number of halogens is 1. The van der Waals surface area contributed by atoms with Crippen molar-refractivity contribution in [2.75, 3.05) is 27.4 Å². The van der Waals surface area contributed by atoms with Gasteiger partial charge in [-0.05, 0) is 32.2 Å². The lowest BCUT2D eigenvalue weighted by Crippen LogP contribution is -2.23. The van der Waals surface area contributed by atoms with Crippen LogP contribution in [0.1, 0.15) is 18.5 Å². The lowest BCUT2D eigenvalue weighted by atomic mass is 10.1. The largest absolute Gasteiger partial charge is 0.490 e. The molecule has 0 heterocycles. The van der Waals surface area contributed by atoms with Crippen LogP contribution in [0.5, 0.6) is 5.75 Å². The molecule has 0 amide bonds. The molecular weight excluding hydrogens is 254 g/mol. The second kappa shape index (κ2) is 7.59. The zero-order valence-electron chi connectivity index (χ0n) is 10.9. The van der Waals surface area contributed by atoms with E-state index in [0.717, 1.165) is 11.3 Å². The van der Waals surface area contributed by atoms with E-state index in [1.165, 1.54) is 0 Å².